The van der Waals surface area contributed by atoms with Crippen LogP contribution in [0.5, 0.6) is 0 Å². The molecule has 0 fully saturated rings. The van der Waals surface area contributed by atoms with E-state index >= 15 is 0 Å². The van der Waals surface area contributed by atoms with E-state index in [1.165, 1.54) is 12.8 Å². The first-order valence-corrected chi connectivity index (χ1v) is 5.78. The van der Waals surface area contributed by atoms with Crippen LogP contribution in [0.25, 0.3) is 0 Å². The second-order valence-corrected chi connectivity index (χ2v) is 4.03. The summed E-state index contributed by atoms with van der Waals surface area (Å²) in [4.78, 5) is 11.6. The minimum atomic E-state index is -0.174. The number of hydrogen-bond acceptors (Lipinski definition) is 2. The summed E-state index contributed by atoms with van der Waals surface area (Å²) in [6.45, 7) is 8.76. The van der Waals surface area contributed by atoms with Crippen LogP contribution in [0.1, 0.15) is 53.4 Å². The first-order chi connectivity index (χ1) is 6.63. The lowest BCUT2D eigenvalue weighted by Crippen LogP contribution is -2.27. The van der Waals surface area contributed by atoms with Gasteiger partial charge in [0.05, 0.1) is 0 Å². The third-order valence-electron chi connectivity index (χ3n) is 2.32. The maximum Gasteiger partial charge on any atom is 0.164 e. The molecule has 0 aromatic heterocycles. The molecule has 0 saturated carbocycles. The van der Waals surface area contributed by atoms with E-state index in [0.29, 0.717) is 0 Å². The van der Waals surface area contributed by atoms with Crippen LogP contribution in [-0.2, 0) is 9.53 Å². The van der Waals surface area contributed by atoms with Crippen molar-refractivity contribution >= 4 is 5.78 Å². The summed E-state index contributed by atoms with van der Waals surface area (Å²) in [5, 5.41) is 0. The first kappa shape index (κ1) is 13.6. The van der Waals surface area contributed by atoms with Gasteiger partial charge in [-0.2, -0.15) is 0 Å². The van der Waals surface area contributed by atoms with E-state index in [2.05, 4.69) is 6.92 Å². The van der Waals surface area contributed by atoms with Crippen molar-refractivity contribution in [3.05, 3.63) is 0 Å². The molecule has 0 heterocycles. The fourth-order valence-electron chi connectivity index (χ4n) is 1.35. The predicted octanol–water partition coefficient (Wildman–Crippen LogP) is 3.20. The van der Waals surface area contributed by atoms with Crippen molar-refractivity contribution in [1.82, 2.24) is 0 Å². The number of hydrogen-bond donors (Lipinski definition) is 0. The van der Waals surface area contributed by atoms with E-state index < -0.39 is 0 Å². The van der Waals surface area contributed by atoms with Gasteiger partial charge in [-0.3, -0.25) is 4.79 Å². The smallest absolute Gasteiger partial charge is 0.164 e. The highest BCUT2D eigenvalue weighted by atomic mass is 16.5. The summed E-state index contributed by atoms with van der Waals surface area (Å²) in [5.74, 6) is 0.329. The van der Waals surface area contributed by atoms with Crippen molar-refractivity contribution in [1.29, 1.82) is 0 Å². The number of ketones is 1. The minimum absolute atomic E-state index is 0.0890. The van der Waals surface area contributed by atoms with Crippen LogP contribution in [0.3, 0.4) is 0 Å². The molecule has 84 valence electrons. The fourth-order valence-corrected chi connectivity index (χ4v) is 1.35. The van der Waals surface area contributed by atoms with Gasteiger partial charge in [0.25, 0.3) is 0 Å². The zero-order valence-corrected chi connectivity index (χ0v) is 10.0. The maximum absolute atomic E-state index is 11.6. The van der Waals surface area contributed by atoms with Gasteiger partial charge in [-0.15, -0.1) is 0 Å². The van der Waals surface area contributed by atoms with Crippen LogP contribution in [-0.4, -0.2) is 18.5 Å². The van der Waals surface area contributed by atoms with Gasteiger partial charge >= 0.3 is 0 Å². The summed E-state index contributed by atoms with van der Waals surface area (Å²) in [5.41, 5.74) is 0. The quantitative estimate of drug-likeness (QED) is 0.562. The Balaban J connectivity index is 3.73. The highest BCUT2D eigenvalue weighted by Crippen LogP contribution is 2.08. The SMILES string of the molecule is CCCCCO[C@H](CC)C(=O)C(C)C. The van der Waals surface area contributed by atoms with Gasteiger partial charge in [0.2, 0.25) is 0 Å². The Hall–Kier alpha value is -0.370. The van der Waals surface area contributed by atoms with Crippen molar-refractivity contribution in [2.75, 3.05) is 6.61 Å². The zero-order chi connectivity index (χ0) is 11.0. The minimum Gasteiger partial charge on any atom is -0.370 e. The highest BCUT2D eigenvalue weighted by Gasteiger charge is 2.19. The number of unbranched alkanes of at least 4 members (excludes halogenated alkanes) is 2. The Labute approximate surface area is 88.0 Å². The first-order valence-electron chi connectivity index (χ1n) is 5.78. The van der Waals surface area contributed by atoms with E-state index in [-0.39, 0.29) is 17.8 Å². The number of carbonyl (C=O) groups is 1. The molecule has 2 nitrogen and oxygen atoms in total. The molecule has 0 spiro atoms. The fraction of sp³-hybridized carbons (Fsp3) is 0.917. The largest absolute Gasteiger partial charge is 0.370 e. The van der Waals surface area contributed by atoms with Crippen LogP contribution in [0.4, 0.5) is 0 Å². The Kier molecular flexibility index (Phi) is 7.77. The van der Waals surface area contributed by atoms with Crippen LogP contribution in [0, 0.1) is 5.92 Å². The third-order valence-corrected chi connectivity index (χ3v) is 2.32. The second kappa shape index (κ2) is 7.98. The molecule has 1 atom stereocenters. The summed E-state index contributed by atoms with van der Waals surface area (Å²) in [6.07, 6.45) is 4.07. The van der Waals surface area contributed by atoms with E-state index in [4.69, 9.17) is 4.74 Å². The van der Waals surface area contributed by atoms with Crippen molar-refractivity contribution in [2.45, 2.75) is 59.5 Å². The van der Waals surface area contributed by atoms with Crippen LogP contribution in [0.15, 0.2) is 0 Å². The Morgan fingerprint density at radius 1 is 1.21 bits per heavy atom. The van der Waals surface area contributed by atoms with Gasteiger partial charge in [-0.05, 0) is 12.8 Å². The lowest BCUT2D eigenvalue weighted by molar-refractivity contribution is -0.133. The molecule has 0 radical (unpaired) electrons. The molecule has 0 aliphatic heterocycles. The zero-order valence-electron chi connectivity index (χ0n) is 10.0. The van der Waals surface area contributed by atoms with Gasteiger partial charge in [-0.25, -0.2) is 0 Å². The Morgan fingerprint density at radius 2 is 1.86 bits per heavy atom. The van der Waals surface area contributed by atoms with Crippen molar-refractivity contribution in [2.24, 2.45) is 5.92 Å². The molecule has 14 heavy (non-hydrogen) atoms. The van der Waals surface area contributed by atoms with Crippen LogP contribution < -0.4 is 0 Å². The second-order valence-electron chi connectivity index (χ2n) is 4.03. The number of carbonyl (C=O) groups excluding carboxylic acids is 1. The summed E-state index contributed by atoms with van der Waals surface area (Å²) in [6, 6.07) is 0. The molecule has 2 heteroatoms. The van der Waals surface area contributed by atoms with Crippen molar-refractivity contribution in [3.8, 4) is 0 Å². The van der Waals surface area contributed by atoms with Crippen molar-refractivity contribution < 1.29 is 9.53 Å². The molecule has 0 N–H and O–H groups in total. The Morgan fingerprint density at radius 3 is 2.29 bits per heavy atom. The van der Waals surface area contributed by atoms with E-state index in [9.17, 15) is 4.79 Å². The molecule has 0 aliphatic carbocycles. The van der Waals surface area contributed by atoms with Crippen LogP contribution >= 0.6 is 0 Å². The molecule has 0 unspecified atom stereocenters. The van der Waals surface area contributed by atoms with E-state index in [1.807, 2.05) is 20.8 Å². The molecule has 0 rings (SSSR count). The topological polar surface area (TPSA) is 26.3 Å². The monoisotopic (exact) mass is 200 g/mol. The third kappa shape index (κ3) is 5.38. The maximum atomic E-state index is 11.6. The summed E-state index contributed by atoms with van der Waals surface area (Å²) < 4.78 is 5.57. The average molecular weight is 200 g/mol. The molecular weight excluding hydrogens is 176 g/mol. The van der Waals surface area contributed by atoms with Gasteiger partial charge in [0.15, 0.2) is 5.78 Å². The van der Waals surface area contributed by atoms with Gasteiger partial charge in [-0.1, -0.05) is 40.5 Å². The summed E-state index contributed by atoms with van der Waals surface area (Å²) >= 11 is 0. The van der Waals surface area contributed by atoms with Gasteiger partial charge in [0.1, 0.15) is 6.10 Å². The van der Waals surface area contributed by atoms with Gasteiger partial charge in [0, 0.05) is 12.5 Å². The molecule has 0 aromatic rings. The van der Waals surface area contributed by atoms with E-state index in [0.717, 1.165) is 19.4 Å². The normalized spacial score (nSPS) is 13.2. The number of Topliss-reactive ketones (excluding diaryl/α,β-unsaturated/α-hetero) is 1. The predicted molar refractivity (Wildman–Crippen MR) is 59.4 cm³/mol. The van der Waals surface area contributed by atoms with Crippen LogP contribution in [0.2, 0.25) is 0 Å². The number of ether oxygens (including phenoxy) is 1. The molecule has 0 aromatic carbocycles. The van der Waals surface area contributed by atoms with Crippen molar-refractivity contribution in [3.63, 3.8) is 0 Å². The highest BCUT2D eigenvalue weighted by molar-refractivity contribution is 5.84. The standard InChI is InChI=1S/C12H24O2/c1-5-7-8-9-14-11(6-2)12(13)10(3)4/h10-11H,5-9H2,1-4H3/t11-/m1/s1. The molecule has 0 saturated heterocycles. The molecule has 0 bridgehead atoms. The lowest BCUT2D eigenvalue weighted by Gasteiger charge is -2.16. The number of rotatable bonds is 8. The molecule has 0 aliphatic rings. The molecular formula is C12H24O2. The Bertz CT molecular complexity index is 152. The molecule has 0 amide bonds. The average Bonchev–Trinajstić information content (AvgIpc) is 2.17. The lowest BCUT2D eigenvalue weighted by atomic mass is 10.0. The summed E-state index contributed by atoms with van der Waals surface area (Å²) in [7, 11) is 0. The van der Waals surface area contributed by atoms with Gasteiger partial charge < -0.3 is 4.74 Å². The van der Waals surface area contributed by atoms with E-state index in [1.54, 1.807) is 0 Å².